The molecular formula is C18H12Cl2N7O2S. The number of rotatable bonds is 7. The number of nitrogens with one attached hydrogen (secondary N) is 2. The van der Waals surface area contributed by atoms with Gasteiger partial charge in [0.2, 0.25) is 0 Å². The molecule has 30 heavy (non-hydrogen) atoms. The molecule has 0 aliphatic rings. The maximum atomic E-state index is 10.7. The van der Waals surface area contributed by atoms with E-state index < -0.39 is 4.92 Å². The van der Waals surface area contributed by atoms with Gasteiger partial charge in [-0.2, -0.15) is 0 Å². The van der Waals surface area contributed by atoms with Crippen molar-refractivity contribution in [3.8, 4) is 21.8 Å². The van der Waals surface area contributed by atoms with Crippen LogP contribution in [0.15, 0.2) is 43.1 Å². The molecule has 1 radical (unpaired) electrons. The fourth-order valence-corrected chi connectivity index (χ4v) is 4.17. The van der Waals surface area contributed by atoms with E-state index in [0.29, 0.717) is 33.2 Å². The molecule has 4 rings (SSSR count). The number of hydrogen-bond donors (Lipinski definition) is 2. The summed E-state index contributed by atoms with van der Waals surface area (Å²) in [6, 6.07) is 4.59. The van der Waals surface area contributed by atoms with Gasteiger partial charge in [-0.05, 0) is 12.1 Å². The number of halogens is 2. The third-order valence-electron chi connectivity index (χ3n) is 3.99. The van der Waals surface area contributed by atoms with Crippen LogP contribution in [0, 0.1) is 16.5 Å². The molecule has 151 valence electrons. The maximum Gasteiger partial charge on any atom is 0.287 e. The lowest BCUT2D eigenvalue weighted by molar-refractivity contribution is -0.385. The third kappa shape index (κ3) is 4.40. The molecule has 0 aromatic carbocycles. The fraction of sp³-hybridized carbons (Fsp3) is 0.0556. The molecule has 0 spiro atoms. The summed E-state index contributed by atoms with van der Waals surface area (Å²) in [6.07, 6.45) is 7.90. The minimum absolute atomic E-state index is 0.0709. The van der Waals surface area contributed by atoms with Crippen LogP contribution in [-0.2, 0) is 0 Å². The monoisotopic (exact) mass is 460 g/mol. The molecular weight excluding hydrogens is 449 g/mol. The van der Waals surface area contributed by atoms with Crippen LogP contribution in [-0.4, -0.2) is 36.4 Å². The highest BCUT2D eigenvalue weighted by atomic mass is 35.5. The minimum Gasteiger partial charge on any atom is -0.369 e. The first kappa shape index (κ1) is 20.2. The van der Waals surface area contributed by atoms with Crippen LogP contribution in [0.5, 0.6) is 0 Å². The van der Waals surface area contributed by atoms with Crippen molar-refractivity contribution >= 4 is 46.0 Å². The Balaban J connectivity index is 1.55. The highest BCUT2D eigenvalue weighted by Crippen LogP contribution is 2.41. The summed E-state index contributed by atoms with van der Waals surface area (Å²) in [5.41, 5.74) is 2.06. The molecule has 0 atom stereocenters. The summed E-state index contributed by atoms with van der Waals surface area (Å²) < 4.78 is 0.556. The summed E-state index contributed by atoms with van der Waals surface area (Å²) in [4.78, 5) is 31.1. The predicted octanol–water partition coefficient (Wildman–Crippen LogP) is 4.87. The second-order valence-electron chi connectivity index (χ2n) is 5.93. The number of pyridine rings is 1. The van der Waals surface area contributed by atoms with Gasteiger partial charge in [0, 0.05) is 30.8 Å². The smallest absolute Gasteiger partial charge is 0.287 e. The van der Waals surface area contributed by atoms with Gasteiger partial charge in [-0.15, -0.1) is 11.3 Å². The van der Waals surface area contributed by atoms with Gasteiger partial charge >= 0.3 is 0 Å². The fourth-order valence-electron chi connectivity index (χ4n) is 2.62. The second-order valence-corrected chi connectivity index (χ2v) is 8.02. The molecule has 0 amide bonds. The Kier molecular flexibility index (Phi) is 5.88. The molecule has 9 nitrogen and oxygen atoms in total. The average molecular weight is 461 g/mol. The standard InChI is InChI=1S/C18H12Cl2N7O2S/c19-12-5-14(20)30-18(12)17-11(13-8-21-9-25-13)7-24-16(26-17)3-4-22-15-2-1-10(6-23-15)27(28)29/h1-3,5-9H,4H2,(H,21,25)(H,22,23). The molecule has 0 saturated heterocycles. The number of thiophene rings is 1. The lowest BCUT2D eigenvalue weighted by Gasteiger charge is -2.09. The minimum atomic E-state index is -0.499. The molecule has 0 aliphatic heterocycles. The first-order valence-corrected chi connectivity index (χ1v) is 10.1. The summed E-state index contributed by atoms with van der Waals surface area (Å²) in [5.74, 6) is 0.975. The number of anilines is 1. The Hall–Kier alpha value is -3.08. The van der Waals surface area contributed by atoms with Crippen LogP contribution in [0.25, 0.3) is 21.8 Å². The van der Waals surface area contributed by atoms with E-state index in [9.17, 15) is 10.1 Å². The van der Waals surface area contributed by atoms with E-state index in [0.717, 1.165) is 16.1 Å². The zero-order valence-corrected chi connectivity index (χ0v) is 17.4. The van der Waals surface area contributed by atoms with Gasteiger partial charge < -0.3 is 10.3 Å². The number of nitrogens with zero attached hydrogens (tertiary/aromatic N) is 5. The highest BCUT2D eigenvalue weighted by Gasteiger charge is 2.18. The molecule has 0 aliphatic carbocycles. The topological polar surface area (TPSA) is 123 Å². The molecule has 4 aromatic rings. The molecule has 0 bridgehead atoms. The SMILES string of the molecule is O=[N+]([O-])c1ccc(NC[CH]c2ncc(-c3cnc[nH]3)c(-c3sc(Cl)cc3Cl)n2)nc1. The first-order chi connectivity index (χ1) is 14.5. The number of H-pyrrole nitrogens is 1. The zero-order valence-electron chi connectivity index (χ0n) is 15.0. The molecule has 4 heterocycles. The highest BCUT2D eigenvalue weighted by molar-refractivity contribution is 7.20. The summed E-state index contributed by atoms with van der Waals surface area (Å²) in [6.45, 7) is 0.368. The van der Waals surface area contributed by atoms with Gasteiger partial charge in [-0.25, -0.2) is 19.9 Å². The van der Waals surface area contributed by atoms with Crippen molar-refractivity contribution in [2.75, 3.05) is 11.9 Å². The summed E-state index contributed by atoms with van der Waals surface area (Å²) >= 11 is 13.8. The Morgan fingerprint density at radius 1 is 1.23 bits per heavy atom. The van der Waals surface area contributed by atoms with Crippen LogP contribution in [0.3, 0.4) is 0 Å². The summed E-state index contributed by atoms with van der Waals surface area (Å²) in [5, 5.41) is 14.2. The molecule has 0 fully saturated rings. The lowest BCUT2D eigenvalue weighted by Crippen LogP contribution is -2.07. The van der Waals surface area contributed by atoms with Gasteiger partial charge in [0.15, 0.2) is 0 Å². The van der Waals surface area contributed by atoms with Gasteiger partial charge in [0.05, 0.1) is 43.1 Å². The van der Waals surface area contributed by atoms with Crippen LogP contribution in [0.4, 0.5) is 11.5 Å². The van der Waals surface area contributed by atoms with Gasteiger partial charge in [0.1, 0.15) is 17.8 Å². The van der Waals surface area contributed by atoms with Gasteiger partial charge in [-0.3, -0.25) is 10.1 Å². The number of aromatic nitrogens is 5. The van der Waals surface area contributed by atoms with Crippen molar-refractivity contribution in [3.63, 3.8) is 0 Å². The summed E-state index contributed by atoms with van der Waals surface area (Å²) in [7, 11) is 0. The largest absolute Gasteiger partial charge is 0.369 e. The predicted molar refractivity (Wildman–Crippen MR) is 116 cm³/mol. The van der Waals surface area contributed by atoms with E-state index in [1.807, 2.05) is 0 Å². The van der Waals surface area contributed by atoms with Crippen LogP contribution >= 0.6 is 34.5 Å². The third-order valence-corrected chi connectivity index (χ3v) is 5.67. The van der Waals surface area contributed by atoms with E-state index in [1.54, 1.807) is 31.2 Å². The Morgan fingerprint density at radius 2 is 2.10 bits per heavy atom. The van der Waals surface area contributed by atoms with E-state index in [-0.39, 0.29) is 5.69 Å². The molecule has 2 N–H and O–H groups in total. The van der Waals surface area contributed by atoms with E-state index in [1.165, 1.54) is 29.7 Å². The number of aromatic amines is 1. The van der Waals surface area contributed by atoms with Crippen molar-refractivity contribution in [2.45, 2.75) is 0 Å². The Labute approximate surface area is 184 Å². The lowest BCUT2D eigenvalue weighted by atomic mass is 10.1. The van der Waals surface area contributed by atoms with E-state index in [4.69, 9.17) is 23.2 Å². The van der Waals surface area contributed by atoms with Crippen LogP contribution in [0.2, 0.25) is 9.36 Å². The second kappa shape index (κ2) is 8.74. The van der Waals surface area contributed by atoms with E-state index in [2.05, 4.69) is 30.2 Å². The number of nitro groups is 1. The van der Waals surface area contributed by atoms with Crippen molar-refractivity contribution < 1.29 is 4.92 Å². The van der Waals surface area contributed by atoms with Crippen molar-refractivity contribution in [1.29, 1.82) is 0 Å². The average Bonchev–Trinajstić information content (AvgIpc) is 3.38. The van der Waals surface area contributed by atoms with Crippen LogP contribution in [0.1, 0.15) is 5.82 Å². The zero-order chi connectivity index (χ0) is 21.1. The van der Waals surface area contributed by atoms with Crippen molar-refractivity contribution in [3.05, 3.63) is 74.8 Å². The Bertz CT molecular complexity index is 1180. The first-order valence-electron chi connectivity index (χ1n) is 8.50. The van der Waals surface area contributed by atoms with Crippen molar-refractivity contribution in [1.82, 2.24) is 24.9 Å². The maximum absolute atomic E-state index is 10.7. The molecule has 12 heteroatoms. The normalized spacial score (nSPS) is 10.9. The van der Waals surface area contributed by atoms with Gasteiger partial charge in [0.25, 0.3) is 5.69 Å². The van der Waals surface area contributed by atoms with Crippen molar-refractivity contribution in [2.24, 2.45) is 0 Å². The number of hydrogen-bond acceptors (Lipinski definition) is 8. The molecule has 0 unspecified atom stereocenters. The van der Waals surface area contributed by atoms with Gasteiger partial charge in [-0.1, -0.05) is 23.2 Å². The van der Waals surface area contributed by atoms with Crippen LogP contribution < -0.4 is 5.32 Å². The van der Waals surface area contributed by atoms with E-state index >= 15 is 0 Å². The molecule has 4 aromatic heterocycles. The number of imidazole rings is 1. The Morgan fingerprint density at radius 3 is 2.73 bits per heavy atom. The molecule has 0 saturated carbocycles. The quantitative estimate of drug-likeness (QED) is 0.297.